The van der Waals surface area contributed by atoms with E-state index in [4.69, 9.17) is 9.15 Å². The first-order valence-corrected chi connectivity index (χ1v) is 8.11. The smallest absolute Gasteiger partial charge is 0.316 e. The monoisotopic (exact) mass is 336 g/mol. The van der Waals surface area contributed by atoms with Crippen molar-refractivity contribution in [3.05, 3.63) is 33.5 Å². The van der Waals surface area contributed by atoms with Crippen LogP contribution in [0.4, 0.5) is 0 Å². The van der Waals surface area contributed by atoms with E-state index in [2.05, 4.69) is 0 Å². The van der Waals surface area contributed by atoms with Crippen molar-refractivity contribution >= 4 is 28.7 Å². The SMILES string of the molecule is COC(=O)[C@@H]1c2c(oc3cc(C)cc(O)c3c2=O)SCC[C@@H]1O. The Bertz CT molecular complexity index is 841. The van der Waals surface area contributed by atoms with E-state index in [1.165, 1.54) is 24.9 Å². The topological polar surface area (TPSA) is 97.0 Å². The fourth-order valence-electron chi connectivity index (χ4n) is 2.83. The number of phenolic OH excluding ortho intramolecular Hbond substituents is 1. The van der Waals surface area contributed by atoms with Crippen LogP contribution in [0.25, 0.3) is 11.0 Å². The molecule has 0 fully saturated rings. The molecule has 1 aromatic heterocycles. The first-order chi connectivity index (χ1) is 10.9. The maximum atomic E-state index is 12.9. The number of rotatable bonds is 1. The molecule has 0 aliphatic carbocycles. The number of aromatic hydroxyl groups is 1. The van der Waals surface area contributed by atoms with Crippen LogP contribution in [0.5, 0.6) is 5.75 Å². The number of hydrogen-bond acceptors (Lipinski definition) is 7. The normalized spacial score (nSPS) is 20.8. The lowest BCUT2D eigenvalue weighted by Crippen LogP contribution is -2.31. The van der Waals surface area contributed by atoms with Gasteiger partial charge in [0.05, 0.1) is 18.8 Å². The van der Waals surface area contributed by atoms with Gasteiger partial charge in [-0.15, -0.1) is 0 Å². The molecule has 122 valence electrons. The van der Waals surface area contributed by atoms with Crippen molar-refractivity contribution < 1.29 is 24.2 Å². The number of fused-ring (bicyclic) bond motifs is 2. The zero-order valence-electron chi connectivity index (χ0n) is 12.7. The standard InChI is InChI=1S/C16H16O6S/c1-7-5-9(18)11-10(6-7)22-16-13(14(11)19)12(15(20)21-2)8(17)3-4-23-16/h5-6,8,12,17-18H,3-4H2,1-2H3/t8-,12-/m0/s1. The first-order valence-electron chi connectivity index (χ1n) is 7.13. The third kappa shape index (κ3) is 2.60. The minimum absolute atomic E-state index is 0.0120. The van der Waals surface area contributed by atoms with Crippen molar-refractivity contribution in [2.24, 2.45) is 0 Å². The minimum atomic E-state index is -1.12. The second-order valence-corrected chi connectivity index (χ2v) is 6.56. The maximum Gasteiger partial charge on any atom is 0.316 e. The number of hydrogen-bond donors (Lipinski definition) is 2. The average Bonchev–Trinajstić information content (AvgIpc) is 2.64. The van der Waals surface area contributed by atoms with Crippen molar-refractivity contribution in [3.63, 3.8) is 0 Å². The maximum absolute atomic E-state index is 12.9. The number of carbonyl (C=O) groups is 1. The second kappa shape index (κ2) is 5.90. The van der Waals surface area contributed by atoms with Gasteiger partial charge in [-0.05, 0) is 31.0 Å². The summed E-state index contributed by atoms with van der Waals surface area (Å²) >= 11 is 1.27. The lowest BCUT2D eigenvalue weighted by molar-refractivity contribution is -0.145. The van der Waals surface area contributed by atoms with Gasteiger partial charge in [-0.3, -0.25) is 9.59 Å². The van der Waals surface area contributed by atoms with Crippen LogP contribution >= 0.6 is 11.8 Å². The highest BCUT2D eigenvalue weighted by Gasteiger charge is 2.38. The zero-order valence-corrected chi connectivity index (χ0v) is 13.5. The number of benzene rings is 1. The highest BCUT2D eigenvalue weighted by atomic mass is 32.2. The molecule has 7 heteroatoms. The number of esters is 1. The summed E-state index contributed by atoms with van der Waals surface area (Å²) in [6, 6.07) is 3.12. The van der Waals surface area contributed by atoms with E-state index in [1.54, 1.807) is 13.0 Å². The Morgan fingerprint density at radius 2 is 2.17 bits per heavy atom. The highest BCUT2D eigenvalue weighted by Crippen LogP contribution is 2.38. The number of aliphatic hydroxyl groups is 1. The average molecular weight is 336 g/mol. The molecule has 2 heterocycles. The second-order valence-electron chi connectivity index (χ2n) is 5.49. The van der Waals surface area contributed by atoms with Gasteiger partial charge in [0, 0.05) is 5.75 Å². The minimum Gasteiger partial charge on any atom is -0.507 e. The third-order valence-corrected chi connectivity index (χ3v) is 4.92. The molecule has 1 aromatic carbocycles. The fraction of sp³-hybridized carbons (Fsp3) is 0.375. The van der Waals surface area contributed by atoms with E-state index in [1.807, 2.05) is 0 Å². The van der Waals surface area contributed by atoms with E-state index in [9.17, 15) is 19.8 Å². The molecule has 0 bridgehead atoms. The fourth-order valence-corrected chi connectivity index (χ4v) is 3.90. The number of aryl methyl sites for hydroxylation is 1. The number of phenols is 1. The van der Waals surface area contributed by atoms with Crippen molar-refractivity contribution in [2.45, 2.75) is 30.5 Å². The van der Waals surface area contributed by atoms with E-state index in [-0.39, 0.29) is 22.3 Å². The summed E-state index contributed by atoms with van der Waals surface area (Å²) in [6.45, 7) is 1.78. The number of thioether (sulfide) groups is 1. The lowest BCUT2D eigenvalue weighted by atomic mass is 9.92. The Hall–Kier alpha value is -1.99. The molecule has 2 N–H and O–H groups in total. The Morgan fingerprint density at radius 3 is 2.87 bits per heavy atom. The number of ether oxygens (including phenoxy) is 1. The van der Waals surface area contributed by atoms with E-state index in [0.717, 1.165) is 5.56 Å². The molecule has 23 heavy (non-hydrogen) atoms. The van der Waals surface area contributed by atoms with Crippen LogP contribution in [-0.4, -0.2) is 35.1 Å². The van der Waals surface area contributed by atoms with Gasteiger partial charge in [-0.1, -0.05) is 11.8 Å². The van der Waals surface area contributed by atoms with Crippen LogP contribution in [0, 0.1) is 6.92 Å². The zero-order chi connectivity index (χ0) is 16.7. The van der Waals surface area contributed by atoms with E-state index >= 15 is 0 Å². The van der Waals surface area contributed by atoms with Gasteiger partial charge < -0.3 is 19.4 Å². The Balaban J connectivity index is 2.37. The van der Waals surface area contributed by atoms with Crippen molar-refractivity contribution in [3.8, 4) is 5.75 Å². The van der Waals surface area contributed by atoms with Crippen molar-refractivity contribution in [1.82, 2.24) is 0 Å². The molecule has 0 spiro atoms. The molecule has 2 aromatic rings. The van der Waals surface area contributed by atoms with E-state index < -0.39 is 23.4 Å². The Labute approximate surface area is 136 Å². The summed E-state index contributed by atoms with van der Waals surface area (Å²) in [7, 11) is 1.20. The van der Waals surface area contributed by atoms with Crippen LogP contribution in [0.2, 0.25) is 0 Å². The van der Waals surface area contributed by atoms with Crippen LogP contribution in [-0.2, 0) is 9.53 Å². The molecule has 6 nitrogen and oxygen atoms in total. The summed E-state index contributed by atoms with van der Waals surface area (Å²) in [5, 5.41) is 20.7. The van der Waals surface area contributed by atoms with Gasteiger partial charge in [-0.25, -0.2) is 0 Å². The first kappa shape index (κ1) is 15.9. The van der Waals surface area contributed by atoms with E-state index in [0.29, 0.717) is 17.3 Å². The largest absolute Gasteiger partial charge is 0.507 e. The molecule has 1 aliphatic heterocycles. The number of methoxy groups -OCH3 is 1. The molecular weight excluding hydrogens is 320 g/mol. The number of carbonyl (C=O) groups excluding carboxylic acids is 1. The van der Waals surface area contributed by atoms with Crippen molar-refractivity contribution in [2.75, 3.05) is 12.9 Å². The quantitative estimate of drug-likeness (QED) is 0.768. The van der Waals surface area contributed by atoms with Gasteiger partial charge in [0.1, 0.15) is 22.6 Å². The van der Waals surface area contributed by atoms with Crippen LogP contribution in [0.15, 0.2) is 26.4 Å². The summed E-state index contributed by atoms with van der Waals surface area (Å²) in [5.74, 6) is -1.51. The highest BCUT2D eigenvalue weighted by molar-refractivity contribution is 7.99. The third-order valence-electron chi connectivity index (χ3n) is 3.92. The molecule has 0 unspecified atom stereocenters. The molecule has 0 amide bonds. The predicted octanol–water partition coefficient (Wildman–Crippen LogP) is 1.92. The Morgan fingerprint density at radius 1 is 1.43 bits per heavy atom. The summed E-state index contributed by atoms with van der Waals surface area (Å²) < 4.78 is 10.5. The lowest BCUT2D eigenvalue weighted by Gasteiger charge is -2.19. The molecule has 1 aliphatic rings. The predicted molar refractivity (Wildman–Crippen MR) is 85.0 cm³/mol. The molecule has 2 atom stereocenters. The molecular formula is C16H16O6S. The van der Waals surface area contributed by atoms with Gasteiger partial charge in [0.25, 0.3) is 0 Å². The van der Waals surface area contributed by atoms with Crippen LogP contribution in [0.1, 0.15) is 23.5 Å². The van der Waals surface area contributed by atoms with Gasteiger partial charge in [0.2, 0.25) is 5.43 Å². The summed E-state index contributed by atoms with van der Waals surface area (Å²) in [5.41, 5.74) is 0.557. The van der Waals surface area contributed by atoms with Crippen LogP contribution < -0.4 is 5.43 Å². The number of aliphatic hydroxyl groups excluding tert-OH is 1. The summed E-state index contributed by atoms with van der Waals surface area (Å²) in [6.07, 6.45) is -0.709. The molecule has 0 saturated carbocycles. The molecule has 3 rings (SSSR count). The van der Waals surface area contributed by atoms with Crippen molar-refractivity contribution in [1.29, 1.82) is 0 Å². The Kier molecular flexibility index (Phi) is 4.08. The van der Waals surface area contributed by atoms with Crippen LogP contribution in [0.3, 0.4) is 0 Å². The van der Waals surface area contributed by atoms with Gasteiger partial charge in [0.15, 0.2) is 5.09 Å². The molecule has 0 saturated heterocycles. The van der Waals surface area contributed by atoms with Gasteiger partial charge in [-0.2, -0.15) is 0 Å². The van der Waals surface area contributed by atoms with Gasteiger partial charge >= 0.3 is 5.97 Å². The summed E-state index contributed by atoms with van der Waals surface area (Å²) in [4.78, 5) is 25.0. The molecule has 0 radical (unpaired) electrons.